The lowest BCUT2D eigenvalue weighted by Crippen LogP contribution is -2.38. The molecule has 9 heteroatoms. The van der Waals surface area contributed by atoms with Crippen molar-refractivity contribution in [1.82, 2.24) is 19.6 Å². The van der Waals surface area contributed by atoms with Crippen molar-refractivity contribution >= 4 is 45.5 Å². The Morgan fingerprint density at radius 3 is 2.93 bits per heavy atom. The summed E-state index contributed by atoms with van der Waals surface area (Å²) in [6.07, 6.45) is 2.60. The van der Waals surface area contributed by atoms with Gasteiger partial charge in [-0.1, -0.05) is 6.07 Å². The van der Waals surface area contributed by atoms with Crippen molar-refractivity contribution in [2.45, 2.75) is 13.3 Å². The van der Waals surface area contributed by atoms with Gasteiger partial charge in [0.2, 0.25) is 0 Å². The van der Waals surface area contributed by atoms with Gasteiger partial charge < -0.3 is 10.1 Å². The SMILES string of the molecule is Cc1cccn2c(=O)c3cc(C(=O)NCCCN4CCOCC4)sc3nc12.Cl. The molecule has 1 N–H and O–H groups in total. The van der Waals surface area contributed by atoms with Gasteiger partial charge in [-0.2, -0.15) is 0 Å². The van der Waals surface area contributed by atoms with E-state index < -0.39 is 0 Å². The van der Waals surface area contributed by atoms with Crippen LogP contribution < -0.4 is 10.9 Å². The Kier molecular flexibility index (Phi) is 6.66. The Hall–Kier alpha value is -2.00. The normalized spacial score (nSPS) is 14.9. The molecule has 3 aromatic heterocycles. The zero-order chi connectivity index (χ0) is 18.8. The third-order valence-electron chi connectivity index (χ3n) is 4.80. The maximum absolute atomic E-state index is 12.7. The van der Waals surface area contributed by atoms with Gasteiger partial charge in [0.05, 0.1) is 23.5 Å². The molecule has 0 saturated carbocycles. The summed E-state index contributed by atoms with van der Waals surface area (Å²) in [5.41, 5.74) is 1.43. The summed E-state index contributed by atoms with van der Waals surface area (Å²) < 4.78 is 6.87. The predicted molar refractivity (Wildman–Crippen MR) is 113 cm³/mol. The molecule has 1 amide bonds. The molecule has 1 fully saturated rings. The molecule has 7 nitrogen and oxygen atoms in total. The maximum atomic E-state index is 12.7. The van der Waals surface area contributed by atoms with E-state index in [0.29, 0.717) is 27.3 Å². The summed E-state index contributed by atoms with van der Waals surface area (Å²) in [6.45, 7) is 6.94. The molecule has 0 spiro atoms. The molecule has 4 rings (SSSR count). The van der Waals surface area contributed by atoms with Crippen molar-refractivity contribution < 1.29 is 9.53 Å². The largest absolute Gasteiger partial charge is 0.379 e. The van der Waals surface area contributed by atoms with E-state index in [2.05, 4.69) is 15.2 Å². The summed E-state index contributed by atoms with van der Waals surface area (Å²) in [5.74, 6) is -0.148. The van der Waals surface area contributed by atoms with Gasteiger partial charge in [0.1, 0.15) is 10.5 Å². The fraction of sp³-hybridized carbons (Fsp3) is 0.421. The number of hydrogen-bond acceptors (Lipinski definition) is 6. The molecule has 0 aromatic carbocycles. The molecule has 1 saturated heterocycles. The quantitative estimate of drug-likeness (QED) is 0.637. The lowest BCUT2D eigenvalue weighted by Gasteiger charge is -2.26. The molecule has 0 radical (unpaired) electrons. The number of nitrogens with zero attached hydrogens (tertiary/aromatic N) is 3. The number of hydrogen-bond donors (Lipinski definition) is 1. The Labute approximate surface area is 172 Å². The predicted octanol–water partition coefficient (Wildman–Crippen LogP) is 2.09. The third-order valence-corrected chi connectivity index (χ3v) is 5.82. The molecular formula is C19H23ClN4O3S. The average molecular weight is 423 g/mol. The second kappa shape index (κ2) is 9.00. The van der Waals surface area contributed by atoms with Crippen LogP contribution in [-0.2, 0) is 4.74 Å². The molecule has 4 heterocycles. The van der Waals surface area contributed by atoms with Gasteiger partial charge in [-0.3, -0.25) is 18.9 Å². The smallest absolute Gasteiger partial charge is 0.266 e. The van der Waals surface area contributed by atoms with Crippen LogP contribution in [0.15, 0.2) is 29.2 Å². The fourth-order valence-corrected chi connectivity index (χ4v) is 4.22. The number of rotatable bonds is 5. The Morgan fingerprint density at radius 2 is 2.14 bits per heavy atom. The first-order valence-electron chi connectivity index (χ1n) is 9.13. The van der Waals surface area contributed by atoms with Gasteiger partial charge in [0, 0.05) is 25.8 Å². The first kappa shape index (κ1) is 20.7. The van der Waals surface area contributed by atoms with Crippen LogP contribution in [0.4, 0.5) is 0 Å². The third kappa shape index (κ3) is 4.20. The first-order chi connectivity index (χ1) is 13.1. The van der Waals surface area contributed by atoms with Crippen LogP contribution in [0.2, 0.25) is 0 Å². The number of carbonyl (C=O) groups excluding carboxylic acids is 1. The van der Waals surface area contributed by atoms with E-state index in [1.807, 2.05) is 19.1 Å². The standard InChI is InChI=1S/C19H22N4O3S.ClH/c1-13-4-2-7-23-16(13)21-18-14(19(23)25)12-15(27-18)17(24)20-5-3-6-22-8-10-26-11-9-22;/h2,4,7,12H,3,5-6,8-11H2,1H3,(H,20,24);1H. The highest BCUT2D eigenvalue weighted by Gasteiger charge is 2.15. The van der Waals surface area contributed by atoms with Crippen molar-refractivity contribution in [3.8, 4) is 0 Å². The van der Waals surface area contributed by atoms with E-state index >= 15 is 0 Å². The summed E-state index contributed by atoms with van der Waals surface area (Å²) in [7, 11) is 0. The zero-order valence-corrected chi connectivity index (χ0v) is 17.3. The van der Waals surface area contributed by atoms with Gasteiger partial charge >= 0.3 is 0 Å². The number of nitrogens with one attached hydrogen (secondary N) is 1. The summed E-state index contributed by atoms with van der Waals surface area (Å²) in [5, 5.41) is 3.44. The van der Waals surface area contributed by atoms with Crippen molar-refractivity contribution in [1.29, 1.82) is 0 Å². The highest BCUT2D eigenvalue weighted by atomic mass is 35.5. The minimum absolute atomic E-state index is 0. The number of thiophene rings is 1. The number of morpholine rings is 1. The van der Waals surface area contributed by atoms with Crippen LogP contribution in [0, 0.1) is 6.92 Å². The molecule has 150 valence electrons. The molecule has 28 heavy (non-hydrogen) atoms. The monoisotopic (exact) mass is 422 g/mol. The molecule has 1 aliphatic rings. The molecule has 0 unspecified atom stereocenters. The fourth-order valence-electron chi connectivity index (χ4n) is 3.29. The molecule has 0 atom stereocenters. The summed E-state index contributed by atoms with van der Waals surface area (Å²) in [6, 6.07) is 5.40. The number of carbonyl (C=O) groups is 1. The van der Waals surface area contributed by atoms with E-state index in [0.717, 1.165) is 44.8 Å². The first-order valence-corrected chi connectivity index (χ1v) is 9.95. The van der Waals surface area contributed by atoms with Crippen molar-refractivity contribution in [2.75, 3.05) is 39.4 Å². The van der Waals surface area contributed by atoms with Crippen LogP contribution in [0.1, 0.15) is 21.7 Å². The van der Waals surface area contributed by atoms with Crippen LogP contribution in [0.25, 0.3) is 15.9 Å². The highest BCUT2D eigenvalue weighted by Crippen LogP contribution is 2.22. The number of halogens is 1. The number of ether oxygens (including phenoxy) is 1. The second-order valence-electron chi connectivity index (χ2n) is 6.69. The minimum Gasteiger partial charge on any atom is -0.379 e. The highest BCUT2D eigenvalue weighted by molar-refractivity contribution is 7.20. The van der Waals surface area contributed by atoms with E-state index in [1.165, 1.54) is 15.7 Å². The molecule has 0 bridgehead atoms. The minimum atomic E-state index is -0.148. The van der Waals surface area contributed by atoms with Crippen LogP contribution in [-0.4, -0.2) is 59.6 Å². The number of amides is 1. The number of pyridine rings is 1. The van der Waals surface area contributed by atoms with Gasteiger partial charge in [0.25, 0.3) is 11.5 Å². The van der Waals surface area contributed by atoms with E-state index in [-0.39, 0.29) is 23.9 Å². The van der Waals surface area contributed by atoms with Gasteiger partial charge in [0.15, 0.2) is 0 Å². The lowest BCUT2D eigenvalue weighted by molar-refractivity contribution is 0.0374. The van der Waals surface area contributed by atoms with Crippen LogP contribution >= 0.6 is 23.7 Å². The van der Waals surface area contributed by atoms with Gasteiger partial charge in [-0.25, -0.2) is 4.98 Å². The molecular weight excluding hydrogens is 400 g/mol. The Balaban J connectivity index is 0.00000225. The van der Waals surface area contributed by atoms with Crippen molar-refractivity contribution in [3.05, 3.63) is 45.2 Å². The van der Waals surface area contributed by atoms with Crippen molar-refractivity contribution in [3.63, 3.8) is 0 Å². The van der Waals surface area contributed by atoms with Crippen molar-refractivity contribution in [2.24, 2.45) is 0 Å². The average Bonchev–Trinajstić information content (AvgIpc) is 3.12. The van der Waals surface area contributed by atoms with E-state index in [4.69, 9.17) is 4.74 Å². The van der Waals surface area contributed by atoms with E-state index in [9.17, 15) is 9.59 Å². The van der Waals surface area contributed by atoms with Gasteiger partial charge in [-0.15, -0.1) is 23.7 Å². The zero-order valence-electron chi connectivity index (χ0n) is 15.6. The number of aromatic nitrogens is 2. The summed E-state index contributed by atoms with van der Waals surface area (Å²) in [4.78, 5) is 33.2. The Morgan fingerprint density at radius 1 is 1.36 bits per heavy atom. The molecule has 0 aliphatic carbocycles. The van der Waals surface area contributed by atoms with Crippen LogP contribution in [0.5, 0.6) is 0 Å². The van der Waals surface area contributed by atoms with E-state index in [1.54, 1.807) is 12.3 Å². The number of fused-ring (bicyclic) bond motifs is 2. The molecule has 1 aliphatic heterocycles. The molecule has 3 aromatic rings. The van der Waals surface area contributed by atoms with Crippen LogP contribution in [0.3, 0.4) is 0 Å². The maximum Gasteiger partial charge on any atom is 0.266 e. The second-order valence-corrected chi connectivity index (χ2v) is 7.73. The van der Waals surface area contributed by atoms with Gasteiger partial charge in [-0.05, 0) is 37.6 Å². The number of aryl methyl sites for hydroxylation is 1. The summed E-state index contributed by atoms with van der Waals surface area (Å²) >= 11 is 1.27. The lowest BCUT2D eigenvalue weighted by atomic mass is 10.3. The topological polar surface area (TPSA) is 75.9 Å². The Bertz CT molecular complexity index is 1040.